The summed E-state index contributed by atoms with van der Waals surface area (Å²) in [6.07, 6.45) is 0. The molecule has 0 aliphatic rings. The maximum absolute atomic E-state index is 13.0. The molecule has 0 spiro atoms. The number of carbonyl (C=O) groups is 2. The van der Waals surface area contributed by atoms with Crippen molar-refractivity contribution in [1.82, 2.24) is 5.32 Å². The number of anilines is 2. The van der Waals surface area contributed by atoms with Crippen LogP contribution < -0.4 is 15.5 Å². The fourth-order valence-electron chi connectivity index (χ4n) is 1.94. The van der Waals surface area contributed by atoms with Crippen LogP contribution in [0.3, 0.4) is 0 Å². The summed E-state index contributed by atoms with van der Waals surface area (Å²) in [5, 5.41) is 5.13. The summed E-state index contributed by atoms with van der Waals surface area (Å²) in [6, 6.07) is 12.6. The van der Waals surface area contributed by atoms with Gasteiger partial charge in [0.2, 0.25) is 5.91 Å². The van der Waals surface area contributed by atoms with Gasteiger partial charge in [-0.1, -0.05) is 6.07 Å². The third-order valence-electron chi connectivity index (χ3n) is 3.16. The van der Waals surface area contributed by atoms with Gasteiger partial charge in [0.05, 0.1) is 6.54 Å². The van der Waals surface area contributed by atoms with Crippen LogP contribution in [0.2, 0.25) is 0 Å². The lowest BCUT2D eigenvalue weighted by atomic mass is 10.2. The fourth-order valence-corrected chi connectivity index (χ4v) is 1.94. The van der Waals surface area contributed by atoms with Crippen LogP contribution in [-0.2, 0) is 4.79 Å². The smallest absolute Gasteiger partial charge is 0.251 e. The van der Waals surface area contributed by atoms with Gasteiger partial charge in [-0.3, -0.25) is 9.59 Å². The van der Waals surface area contributed by atoms with Crippen molar-refractivity contribution in [3.63, 3.8) is 0 Å². The Kier molecular flexibility index (Phi) is 5.30. The Bertz CT molecular complexity index is 699. The van der Waals surface area contributed by atoms with Crippen molar-refractivity contribution in [2.24, 2.45) is 0 Å². The molecule has 23 heavy (non-hydrogen) atoms. The van der Waals surface area contributed by atoms with Gasteiger partial charge in [0.1, 0.15) is 5.82 Å². The zero-order valence-corrected chi connectivity index (χ0v) is 13.0. The van der Waals surface area contributed by atoms with Gasteiger partial charge in [0.15, 0.2) is 0 Å². The summed E-state index contributed by atoms with van der Waals surface area (Å²) in [7, 11) is 3.85. The number of hydrogen-bond acceptors (Lipinski definition) is 3. The molecule has 120 valence electrons. The zero-order chi connectivity index (χ0) is 16.8. The van der Waals surface area contributed by atoms with Crippen LogP contribution in [0, 0.1) is 5.82 Å². The number of benzene rings is 2. The van der Waals surface area contributed by atoms with Crippen LogP contribution in [0.5, 0.6) is 0 Å². The van der Waals surface area contributed by atoms with Gasteiger partial charge in [-0.15, -0.1) is 0 Å². The summed E-state index contributed by atoms with van der Waals surface area (Å²) in [4.78, 5) is 25.6. The van der Waals surface area contributed by atoms with Gasteiger partial charge >= 0.3 is 0 Å². The second kappa shape index (κ2) is 7.40. The molecule has 2 aromatic carbocycles. The van der Waals surface area contributed by atoms with Crippen molar-refractivity contribution in [2.75, 3.05) is 30.9 Å². The van der Waals surface area contributed by atoms with Crippen LogP contribution in [0.15, 0.2) is 48.5 Å². The molecule has 6 heteroatoms. The maximum atomic E-state index is 13.0. The average Bonchev–Trinajstić information content (AvgIpc) is 2.53. The third kappa shape index (κ3) is 4.81. The first kappa shape index (κ1) is 16.5. The normalized spacial score (nSPS) is 10.0. The fraction of sp³-hybridized carbons (Fsp3) is 0.176. The van der Waals surface area contributed by atoms with Crippen LogP contribution >= 0.6 is 0 Å². The summed E-state index contributed by atoms with van der Waals surface area (Å²) in [6.45, 7) is -0.190. The van der Waals surface area contributed by atoms with Gasteiger partial charge in [-0.05, 0) is 42.5 Å². The van der Waals surface area contributed by atoms with Crippen molar-refractivity contribution in [1.29, 1.82) is 0 Å². The van der Waals surface area contributed by atoms with E-state index in [-0.39, 0.29) is 18.0 Å². The number of amides is 2. The summed E-state index contributed by atoms with van der Waals surface area (Å²) in [5.41, 5.74) is 1.83. The van der Waals surface area contributed by atoms with Crippen LogP contribution in [0.25, 0.3) is 0 Å². The van der Waals surface area contributed by atoms with Crippen LogP contribution in [-0.4, -0.2) is 32.5 Å². The quantitative estimate of drug-likeness (QED) is 0.890. The van der Waals surface area contributed by atoms with Gasteiger partial charge < -0.3 is 15.5 Å². The number of halogens is 1. The lowest BCUT2D eigenvalue weighted by Gasteiger charge is -2.13. The lowest BCUT2D eigenvalue weighted by molar-refractivity contribution is -0.115. The van der Waals surface area contributed by atoms with Gasteiger partial charge in [0.25, 0.3) is 5.91 Å². The van der Waals surface area contributed by atoms with Gasteiger partial charge in [-0.2, -0.15) is 0 Å². The summed E-state index contributed by atoms with van der Waals surface area (Å²) < 4.78 is 13.0. The highest BCUT2D eigenvalue weighted by Gasteiger charge is 2.09. The number of rotatable bonds is 5. The standard InChI is InChI=1S/C17H18FN3O2/c1-21(2)15-8-6-14(7-9-15)20-16(22)11-19-17(23)12-4-3-5-13(18)10-12/h3-10H,11H2,1-2H3,(H,19,23)(H,20,22). The maximum Gasteiger partial charge on any atom is 0.251 e. The minimum atomic E-state index is -0.498. The molecule has 0 aliphatic heterocycles. The second-order valence-corrected chi connectivity index (χ2v) is 5.18. The molecule has 0 bridgehead atoms. The van der Waals surface area contributed by atoms with E-state index in [4.69, 9.17) is 0 Å². The number of carbonyl (C=O) groups excluding carboxylic acids is 2. The van der Waals surface area contributed by atoms with E-state index in [2.05, 4.69) is 10.6 Å². The highest BCUT2D eigenvalue weighted by atomic mass is 19.1. The van der Waals surface area contributed by atoms with E-state index in [1.165, 1.54) is 18.2 Å². The second-order valence-electron chi connectivity index (χ2n) is 5.18. The van der Waals surface area contributed by atoms with E-state index in [9.17, 15) is 14.0 Å². The van der Waals surface area contributed by atoms with Crippen LogP contribution in [0.1, 0.15) is 10.4 Å². The molecule has 0 unspecified atom stereocenters. The molecule has 5 nitrogen and oxygen atoms in total. The molecule has 0 heterocycles. The Morgan fingerprint density at radius 3 is 2.39 bits per heavy atom. The third-order valence-corrected chi connectivity index (χ3v) is 3.16. The van der Waals surface area contributed by atoms with E-state index in [0.717, 1.165) is 11.8 Å². The van der Waals surface area contributed by atoms with E-state index in [1.807, 2.05) is 31.1 Å². The highest BCUT2D eigenvalue weighted by Crippen LogP contribution is 2.15. The first-order chi connectivity index (χ1) is 11.0. The number of nitrogens with one attached hydrogen (secondary N) is 2. The van der Waals surface area contributed by atoms with Crippen molar-refractivity contribution in [3.05, 3.63) is 59.9 Å². The molecule has 2 aromatic rings. The number of nitrogens with zero attached hydrogens (tertiary/aromatic N) is 1. The van der Waals surface area contributed by atoms with Crippen LogP contribution in [0.4, 0.5) is 15.8 Å². The molecule has 0 aliphatic carbocycles. The molecule has 2 N–H and O–H groups in total. The first-order valence-corrected chi connectivity index (χ1v) is 7.07. The molecular weight excluding hydrogens is 297 g/mol. The summed E-state index contributed by atoms with van der Waals surface area (Å²) in [5.74, 6) is -1.35. The predicted octanol–water partition coefficient (Wildman–Crippen LogP) is 2.26. The monoisotopic (exact) mass is 315 g/mol. The van der Waals surface area contributed by atoms with Gasteiger partial charge in [-0.25, -0.2) is 4.39 Å². The van der Waals surface area contributed by atoms with Gasteiger partial charge in [0, 0.05) is 31.0 Å². The van der Waals surface area contributed by atoms with E-state index in [1.54, 1.807) is 12.1 Å². The molecule has 0 saturated heterocycles. The number of hydrogen-bond donors (Lipinski definition) is 2. The largest absolute Gasteiger partial charge is 0.378 e. The van der Waals surface area contributed by atoms with Crippen molar-refractivity contribution in [3.8, 4) is 0 Å². The molecule has 0 atom stereocenters. The Balaban J connectivity index is 1.86. The van der Waals surface area contributed by atoms with Crippen molar-refractivity contribution < 1.29 is 14.0 Å². The Morgan fingerprint density at radius 1 is 1.09 bits per heavy atom. The molecule has 2 amide bonds. The Morgan fingerprint density at radius 2 is 1.78 bits per heavy atom. The predicted molar refractivity (Wildman–Crippen MR) is 88.1 cm³/mol. The minimum absolute atomic E-state index is 0.174. The first-order valence-electron chi connectivity index (χ1n) is 7.07. The molecule has 0 fully saturated rings. The van der Waals surface area contributed by atoms with E-state index in [0.29, 0.717) is 5.69 Å². The topological polar surface area (TPSA) is 61.4 Å². The average molecular weight is 315 g/mol. The molecule has 0 saturated carbocycles. The molecule has 2 rings (SSSR count). The van der Waals surface area contributed by atoms with Crippen molar-refractivity contribution >= 4 is 23.2 Å². The minimum Gasteiger partial charge on any atom is -0.378 e. The SMILES string of the molecule is CN(C)c1ccc(NC(=O)CNC(=O)c2cccc(F)c2)cc1. The summed E-state index contributed by atoms with van der Waals surface area (Å²) >= 11 is 0. The molecule has 0 radical (unpaired) electrons. The zero-order valence-electron chi connectivity index (χ0n) is 13.0. The van der Waals surface area contributed by atoms with E-state index >= 15 is 0 Å². The molecular formula is C17H18FN3O2. The lowest BCUT2D eigenvalue weighted by Crippen LogP contribution is -2.32. The molecule has 0 aromatic heterocycles. The van der Waals surface area contributed by atoms with Crippen molar-refractivity contribution in [2.45, 2.75) is 0 Å². The highest BCUT2D eigenvalue weighted by molar-refractivity contribution is 5.99. The Hall–Kier alpha value is -2.89. The Labute approximate surface area is 134 Å². The van der Waals surface area contributed by atoms with E-state index < -0.39 is 11.7 Å².